The molecule has 7 nitrogen and oxygen atoms in total. The first-order valence-corrected chi connectivity index (χ1v) is 9.75. The fraction of sp³-hybridized carbons (Fsp3) is 0.182. The Morgan fingerprint density at radius 2 is 1.77 bits per heavy atom. The third kappa shape index (κ3) is 3.71. The molecule has 0 fully saturated rings. The van der Waals surface area contributed by atoms with Gasteiger partial charge >= 0.3 is 0 Å². The molecule has 0 unspecified atom stereocenters. The summed E-state index contributed by atoms with van der Waals surface area (Å²) in [5.41, 5.74) is 2.73. The average Bonchev–Trinajstić information content (AvgIpc) is 3.18. The number of amides is 1. The van der Waals surface area contributed by atoms with Crippen LogP contribution < -0.4 is 9.64 Å². The molecule has 2 heterocycles. The Bertz CT molecular complexity index is 1210. The highest BCUT2D eigenvalue weighted by atomic mass is 35.5. The molecule has 0 spiro atoms. The summed E-state index contributed by atoms with van der Waals surface area (Å²) in [5.74, 6) is 1.47. The summed E-state index contributed by atoms with van der Waals surface area (Å²) in [6.45, 7) is 3.87. The van der Waals surface area contributed by atoms with Crippen molar-refractivity contribution < 1.29 is 9.53 Å². The van der Waals surface area contributed by atoms with Gasteiger partial charge in [0, 0.05) is 11.3 Å². The van der Waals surface area contributed by atoms with Gasteiger partial charge in [-0.2, -0.15) is 9.50 Å². The van der Waals surface area contributed by atoms with Crippen LogP contribution in [0.5, 0.6) is 5.75 Å². The highest BCUT2D eigenvalue weighted by Crippen LogP contribution is 2.24. The van der Waals surface area contributed by atoms with Crippen LogP contribution in [0.2, 0.25) is 5.02 Å². The molecule has 0 radical (unpaired) electrons. The molecule has 2 aromatic carbocycles. The second-order valence-electron chi connectivity index (χ2n) is 6.79. The molecule has 8 heteroatoms. The maximum Gasteiger partial charge on any atom is 0.258 e. The molecule has 0 N–H and O–H groups in total. The SMILES string of the molecule is COc1ccc(N(Cc2nc3nc(C)c(Cl)c(C)n3n2)C(=O)c2ccccc2)cc1. The Hall–Kier alpha value is -3.45. The predicted octanol–water partition coefficient (Wildman–Crippen LogP) is 4.25. The van der Waals surface area contributed by atoms with Gasteiger partial charge in [0.05, 0.1) is 30.1 Å². The van der Waals surface area contributed by atoms with E-state index in [2.05, 4.69) is 15.1 Å². The molecular weight excluding hydrogens is 402 g/mol. The second kappa shape index (κ2) is 8.12. The first-order chi connectivity index (χ1) is 14.5. The summed E-state index contributed by atoms with van der Waals surface area (Å²) in [6.07, 6.45) is 0. The maximum absolute atomic E-state index is 13.3. The number of aromatic nitrogens is 4. The van der Waals surface area contributed by atoms with Gasteiger partial charge in [0.25, 0.3) is 11.7 Å². The second-order valence-corrected chi connectivity index (χ2v) is 7.17. The van der Waals surface area contributed by atoms with E-state index in [-0.39, 0.29) is 12.5 Å². The molecule has 4 rings (SSSR count). The van der Waals surface area contributed by atoms with E-state index < -0.39 is 0 Å². The van der Waals surface area contributed by atoms with Gasteiger partial charge in [0.2, 0.25) is 0 Å². The van der Waals surface area contributed by atoms with Crippen molar-refractivity contribution in [2.45, 2.75) is 20.4 Å². The minimum absolute atomic E-state index is 0.154. The summed E-state index contributed by atoms with van der Waals surface area (Å²) in [5, 5.41) is 5.08. The van der Waals surface area contributed by atoms with E-state index in [9.17, 15) is 4.79 Å². The van der Waals surface area contributed by atoms with E-state index >= 15 is 0 Å². The minimum Gasteiger partial charge on any atom is -0.497 e. The third-order valence-corrected chi connectivity index (χ3v) is 5.35. The van der Waals surface area contributed by atoms with Crippen molar-refractivity contribution in [3.8, 4) is 5.75 Å². The zero-order chi connectivity index (χ0) is 21.3. The highest BCUT2D eigenvalue weighted by molar-refractivity contribution is 6.31. The molecule has 0 bridgehead atoms. The molecule has 0 saturated heterocycles. The van der Waals surface area contributed by atoms with Crippen molar-refractivity contribution in [2.24, 2.45) is 0 Å². The summed E-state index contributed by atoms with van der Waals surface area (Å²) in [4.78, 5) is 23.8. The molecule has 1 amide bonds. The molecule has 2 aromatic heterocycles. The molecule has 0 aliphatic rings. The fourth-order valence-corrected chi connectivity index (χ4v) is 3.31. The zero-order valence-electron chi connectivity index (χ0n) is 16.8. The number of carbonyl (C=O) groups excluding carboxylic acids is 1. The lowest BCUT2D eigenvalue weighted by Crippen LogP contribution is -2.30. The number of nitrogens with zero attached hydrogens (tertiary/aromatic N) is 5. The quantitative estimate of drug-likeness (QED) is 0.481. The lowest BCUT2D eigenvalue weighted by atomic mass is 10.1. The van der Waals surface area contributed by atoms with Gasteiger partial charge in [0.15, 0.2) is 5.82 Å². The fourth-order valence-electron chi connectivity index (χ4n) is 3.18. The van der Waals surface area contributed by atoms with Gasteiger partial charge < -0.3 is 9.64 Å². The van der Waals surface area contributed by atoms with Crippen molar-refractivity contribution >= 4 is 29.0 Å². The number of benzene rings is 2. The largest absolute Gasteiger partial charge is 0.497 e. The summed E-state index contributed by atoms with van der Waals surface area (Å²) in [7, 11) is 1.60. The van der Waals surface area contributed by atoms with Gasteiger partial charge in [-0.1, -0.05) is 29.8 Å². The molecule has 4 aromatic rings. The number of ether oxygens (including phenoxy) is 1. The van der Waals surface area contributed by atoms with Crippen LogP contribution in [-0.4, -0.2) is 32.6 Å². The number of halogens is 1. The maximum atomic E-state index is 13.3. The standard InChI is InChI=1S/C22H20ClN5O2/c1-14-20(23)15(2)28-22(24-14)25-19(26-28)13-27(17-9-11-18(30-3)12-10-17)21(29)16-7-5-4-6-8-16/h4-12H,13H2,1-3H3. The van der Waals surface area contributed by atoms with Crippen molar-refractivity contribution in [3.05, 3.63) is 82.4 Å². The van der Waals surface area contributed by atoms with E-state index in [0.717, 1.165) is 5.69 Å². The van der Waals surface area contributed by atoms with Crippen LogP contribution in [0.1, 0.15) is 27.6 Å². The lowest BCUT2D eigenvalue weighted by Gasteiger charge is -2.22. The zero-order valence-corrected chi connectivity index (χ0v) is 17.6. The van der Waals surface area contributed by atoms with E-state index in [0.29, 0.717) is 39.3 Å². The van der Waals surface area contributed by atoms with Gasteiger partial charge in [-0.3, -0.25) is 4.79 Å². The van der Waals surface area contributed by atoms with E-state index in [4.69, 9.17) is 16.3 Å². The Kier molecular flexibility index (Phi) is 5.37. The van der Waals surface area contributed by atoms with E-state index in [1.165, 1.54) is 0 Å². The number of aryl methyl sites for hydroxylation is 2. The number of carbonyl (C=O) groups is 1. The number of anilines is 1. The monoisotopic (exact) mass is 421 g/mol. The topological polar surface area (TPSA) is 72.6 Å². The van der Waals surface area contributed by atoms with Crippen LogP contribution in [0.4, 0.5) is 5.69 Å². The number of fused-ring (bicyclic) bond motifs is 1. The Labute approximate surface area is 178 Å². The predicted molar refractivity (Wildman–Crippen MR) is 115 cm³/mol. The van der Waals surface area contributed by atoms with Crippen LogP contribution >= 0.6 is 11.6 Å². The van der Waals surface area contributed by atoms with Crippen molar-refractivity contribution in [2.75, 3.05) is 12.0 Å². The Balaban J connectivity index is 1.75. The van der Waals surface area contributed by atoms with Crippen molar-refractivity contribution in [1.82, 2.24) is 19.6 Å². The summed E-state index contributed by atoms with van der Waals surface area (Å²) < 4.78 is 6.84. The van der Waals surface area contributed by atoms with Crippen molar-refractivity contribution in [1.29, 1.82) is 0 Å². The first kappa shape index (κ1) is 19.8. The number of hydrogen-bond donors (Lipinski definition) is 0. The van der Waals surface area contributed by atoms with Crippen LogP contribution in [0.25, 0.3) is 5.78 Å². The smallest absolute Gasteiger partial charge is 0.258 e. The lowest BCUT2D eigenvalue weighted by molar-refractivity contribution is 0.0984. The summed E-state index contributed by atoms with van der Waals surface area (Å²) in [6, 6.07) is 16.4. The normalized spacial score (nSPS) is 10.9. The van der Waals surface area contributed by atoms with Gasteiger partial charge in [-0.05, 0) is 50.2 Å². The van der Waals surface area contributed by atoms with Gasteiger partial charge in [-0.15, -0.1) is 5.10 Å². The molecule has 30 heavy (non-hydrogen) atoms. The molecule has 152 valence electrons. The molecule has 0 atom stereocenters. The third-order valence-electron chi connectivity index (χ3n) is 4.80. The van der Waals surface area contributed by atoms with Crippen LogP contribution in [-0.2, 0) is 6.54 Å². The number of methoxy groups -OCH3 is 1. The molecule has 0 saturated carbocycles. The number of rotatable bonds is 5. The van der Waals surface area contributed by atoms with Crippen LogP contribution in [0, 0.1) is 13.8 Å². The highest BCUT2D eigenvalue weighted by Gasteiger charge is 2.21. The van der Waals surface area contributed by atoms with Gasteiger partial charge in [0.1, 0.15) is 5.75 Å². The first-order valence-electron chi connectivity index (χ1n) is 9.37. The average molecular weight is 422 g/mol. The van der Waals surface area contributed by atoms with Gasteiger partial charge in [-0.25, -0.2) is 4.98 Å². The van der Waals surface area contributed by atoms with E-state index in [1.54, 1.807) is 28.7 Å². The Morgan fingerprint density at radius 3 is 2.43 bits per heavy atom. The number of hydrogen-bond acceptors (Lipinski definition) is 5. The van der Waals surface area contributed by atoms with Crippen LogP contribution in [0.3, 0.4) is 0 Å². The minimum atomic E-state index is -0.154. The molecule has 0 aliphatic carbocycles. The van der Waals surface area contributed by atoms with E-state index in [1.807, 2.05) is 56.3 Å². The Morgan fingerprint density at radius 1 is 1.07 bits per heavy atom. The molecular formula is C22H20ClN5O2. The van der Waals surface area contributed by atoms with Crippen LogP contribution in [0.15, 0.2) is 54.6 Å². The molecule has 0 aliphatic heterocycles. The summed E-state index contributed by atoms with van der Waals surface area (Å²) >= 11 is 6.30. The van der Waals surface area contributed by atoms with Crippen molar-refractivity contribution in [3.63, 3.8) is 0 Å².